The van der Waals surface area contributed by atoms with Crippen LogP contribution in [0.4, 0.5) is 4.39 Å². The number of nitrogens with zero attached hydrogens (tertiary/aromatic N) is 1. The third-order valence-electron chi connectivity index (χ3n) is 3.60. The first-order valence-electron chi connectivity index (χ1n) is 7.10. The summed E-state index contributed by atoms with van der Waals surface area (Å²) >= 11 is 0. The maximum absolute atomic E-state index is 13.3. The van der Waals surface area contributed by atoms with Crippen LogP contribution >= 0.6 is 0 Å². The zero-order valence-corrected chi connectivity index (χ0v) is 12.6. The maximum atomic E-state index is 13.3. The van der Waals surface area contributed by atoms with Crippen molar-refractivity contribution in [2.24, 2.45) is 5.41 Å². The molecule has 0 aliphatic carbocycles. The molecule has 21 heavy (non-hydrogen) atoms. The molecule has 114 valence electrons. The Kier molecular flexibility index (Phi) is 4.30. The van der Waals surface area contributed by atoms with Gasteiger partial charge >= 0.3 is 0 Å². The molecule has 1 saturated heterocycles. The number of rotatable bonds is 2. The molecule has 0 radical (unpaired) electrons. The lowest BCUT2D eigenvalue weighted by Gasteiger charge is -2.32. The highest BCUT2D eigenvalue weighted by Crippen LogP contribution is 2.24. The minimum Gasteiger partial charge on any atom is -0.344 e. The lowest BCUT2D eigenvalue weighted by Crippen LogP contribution is -2.51. The molecule has 1 aromatic carbocycles. The van der Waals surface area contributed by atoms with E-state index in [1.165, 1.54) is 12.1 Å². The summed E-state index contributed by atoms with van der Waals surface area (Å²) in [4.78, 5) is 26.1. The summed E-state index contributed by atoms with van der Waals surface area (Å²) in [7, 11) is 0. The normalized spacial score (nSPS) is 20.2. The quantitative estimate of drug-likeness (QED) is 0.907. The van der Waals surface area contributed by atoms with Gasteiger partial charge in [-0.2, -0.15) is 0 Å². The van der Waals surface area contributed by atoms with Crippen molar-refractivity contribution in [2.75, 3.05) is 6.54 Å². The molecule has 1 atom stereocenters. The van der Waals surface area contributed by atoms with Gasteiger partial charge in [0.05, 0.1) is 0 Å². The summed E-state index contributed by atoms with van der Waals surface area (Å²) in [5.41, 5.74) is 0.363. The standard InChI is InChI=1S/C16H21FN2O2/c1-16(2,3)14-15(21)19(8-7-13(20)18-14)10-11-5-4-6-12(17)9-11/h4-6,9,14H,7-8,10H2,1-3H3,(H,18,20). The molecule has 1 aliphatic heterocycles. The fourth-order valence-electron chi connectivity index (χ4n) is 2.42. The lowest BCUT2D eigenvalue weighted by molar-refractivity contribution is -0.136. The Morgan fingerprint density at radius 1 is 1.33 bits per heavy atom. The Morgan fingerprint density at radius 2 is 2.05 bits per heavy atom. The van der Waals surface area contributed by atoms with Gasteiger partial charge in [0.2, 0.25) is 11.8 Å². The van der Waals surface area contributed by atoms with E-state index >= 15 is 0 Å². The van der Waals surface area contributed by atoms with Gasteiger partial charge < -0.3 is 10.2 Å². The topological polar surface area (TPSA) is 49.4 Å². The first kappa shape index (κ1) is 15.5. The third kappa shape index (κ3) is 3.80. The molecule has 1 fully saturated rings. The zero-order chi connectivity index (χ0) is 15.6. The molecule has 2 amide bonds. The molecule has 1 unspecified atom stereocenters. The van der Waals surface area contributed by atoms with Crippen LogP contribution in [0.25, 0.3) is 0 Å². The van der Waals surface area contributed by atoms with Crippen molar-refractivity contribution in [3.8, 4) is 0 Å². The predicted molar refractivity (Wildman–Crippen MR) is 77.8 cm³/mol. The number of hydrogen-bond donors (Lipinski definition) is 1. The van der Waals surface area contributed by atoms with E-state index in [1.54, 1.807) is 17.0 Å². The summed E-state index contributed by atoms with van der Waals surface area (Å²) in [5.74, 6) is -0.557. The molecule has 1 N–H and O–H groups in total. The van der Waals surface area contributed by atoms with Crippen LogP contribution in [0.3, 0.4) is 0 Å². The number of amides is 2. The van der Waals surface area contributed by atoms with Crippen molar-refractivity contribution >= 4 is 11.8 Å². The molecule has 1 aromatic rings. The van der Waals surface area contributed by atoms with Gasteiger partial charge in [0, 0.05) is 19.5 Å². The second-order valence-electron chi connectivity index (χ2n) is 6.51. The molecular formula is C16H21FN2O2. The molecule has 1 aliphatic rings. The van der Waals surface area contributed by atoms with Crippen LogP contribution in [0.2, 0.25) is 0 Å². The van der Waals surface area contributed by atoms with Crippen molar-refractivity contribution in [1.82, 2.24) is 10.2 Å². The fraction of sp³-hybridized carbons (Fsp3) is 0.500. The van der Waals surface area contributed by atoms with Gasteiger partial charge in [-0.1, -0.05) is 32.9 Å². The van der Waals surface area contributed by atoms with Crippen LogP contribution in [0.1, 0.15) is 32.8 Å². The average Bonchev–Trinajstić information content (AvgIpc) is 2.51. The van der Waals surface area contributed by atoms with Crippen molar-refractivity contribution in [1.29, 1.82) is 0 Å². The van der Waals surface area contributed by atoms with Gasteiger partial charge in [-0.25, -0.2) is 4.39 Å². The van der Waals surface area contributed by atoms with Crippen LogP contribution in [-0.2, 0) is 16.1 Å². The lowest BCUT2D eigenvalue weighted by atomic mass is 9.86. The van der Waals surface area contributed by atoms with Gasteiger partial charge in [0.1, 0.15) is 11.9 Å². The van der Waals surface area contributed by atoms with Crippen LogP contribution in [-0.4, -0.2) is 29.3 Å². The zero-order valence-electron chi connectivity index (χ0n) is 12.6. The van der Waals surface area contributed by atoms with Gasteiger partial charge in [0.25, 0.3) is 0 Å². The van der Waals surface area contributed by atoms with Crippen LogP contribution in [0, 0.1) is 11.2 Å². The highest BCUT2D eigenvalue weighted by molar-refractivity contribution is 5.90. The van der Waals surface area contributed by atoms with Crippen molar-refractivity contribution < 1.29 is 14.0 Å². The number of carbonyl (C=O) groups is 2. The highest BCUT2D eigenvalue weighted by Gasteiger charge is 2.37. The highest BCUT2D eigenvalue weighted by atomic mass is 19.1. The number of hydrogen-bond acceptors (Lipinski definition) is 2. The van der Waals surface area contributed by atoms with E-state index in [9.17, 15) is 14.0 Å². The Labute approximate surface area is 124 Å². The Morgan fingerprint density at radius 3 is 2.67 bits per heavy atom. The Bertz CT molecular complexity index is 551. The summed E-state index contributed by atoms with van der Waals surface area (Å²) in [5, 5.41) is 2.79. The van der Waals surface area contributed by atoms with E-state index in [0.29, 0.717) is 13.1 Å². The number of nitrogens with one attached hydrogen (secondary N) is 1. The van der Waals surface area contributed by atoms with Crippen molar-refractivity contribution in [2.45, 2.75) is 39.8 Å². The molecule has 5 heteroatoms. The third-order valence-corrected chi connectivity index (χ3v) is 3.60. The maximum Gasteiger partial charge on any atom is 0.246 e. The van der Waals surface area contributed by atoms with Crippen molar-refractivity contribution in [3.63, 3.8) is 0 Å². The molecule has 1 heterocycles. The van der Waals surface area contributed by atoms with Crippen molar-refractivity contribution in [3.05, 3.63) is 35.6 Å². The first-order chi connectivity index (χ1) is 9.77. The largest absolute Gasteiger partial charge is 0.344 e. The summed E-state index contributed by atoms with van der Waals surface area (Å²) in [6, 6.07) is 5.64. The van der Waals surface area contributed by atoms with Gasteiger partial charge in [0.15, 0.2) is 0 Å². The minimum absolute atomic E-state index is 0.113. The van der Waals surface area contributed by atoms with Crippen LogP contribution in [0.5, 0.6) is 0 Å². The van der Waals surface area contributed by atoms with E-state index in [-0.39, 0.29) is 29.5 Å². The number of carbonyl (C=O) groups excluding carboxylic acids is 2. The summed E-state index contributed by atoms with van der Waals surface area (Å²) in [6.45, 7) is 6.43. The molecule has 0 spiro atoms. The summed E-state index contributed by atoms with van der Waals surface area (Å²) in [6.07, 6.45) is 0.271. The molecule has 0 bridgehead atoms. The van der Waals surface area contributed by atoms with Gasteiger partial charge in [-0.15, -0.1) is 0 Å². The summed E-state index contributed by atoms with van der Waals surface area (Å²) < 4.78 is 13.3. The molecule has 2 rings (SSSR count). The van der Waals surface area contributed by atoms with Gasteiger partial charge in [-0.3, -0.25) is 9.59 Å². The second kappa shape index (κ2) is 5.84. The first-order valence-corrected chi connectivity index (χ1v) is 7.10. The number of benzene rings is 1. The molecular weight excluding hydrogens is 271 g/mol. The van der Waals surface area contributed by atoms with E-state index < -0.39 is 6.04 Å². The predicted octanol–water partition coefficient (Wildman–Crippen LogP) is 2.09. The SMILES string of the molecule is CC(C)(C)C1NC(=O)CCN(Cc2cccc(F)c2)C1=O. The number of halogens is 1. The Hall–Kier alpha value is -1.91. The van der Waals surface area contributed by atoms with E-state index in [1.807, 2.05) is 20.8 Å². The molecule has 0 aromatic heterocycles. The van der Waals surface area contributed by atoms with Gasteiger partial charge in [-0.05, 0) is 23.1 Å². The monoisotopic (exact) mass is 292 g/mol. The van der Waals surface area contributed by atoms with E-state index in [4.69, 9.17) is 0 Å². The van der Waals surface area contributed by atoms with E-state index in [0.717, 1.165) is 5.56 Å². The second-order valence-corrected chi connectivity index (χ2v) is 6.51. The Balaban J connectivity index is 2.21. The molecule has 0 saturated carbocycles. The molecule has 4 nitrogen and oxygen atoms in total. The average molecular weight is 292 g/mol. The minimum atomic E-state index is -0.555. The smallest absolute Gasteiger partial charge is 0.246 e. The van der Waals surface area contributed by atoms with Crippen LogP contribution in [0.15, 0.2) is 24.3 Å². The van der Waals surface area contributed by atoms with E-state index in [2.05, 4.69) is 5.32 Å². The fourth-order valence-corrected chi connectivity index (χ4v) is 2.42. The van der Waals surface area contributed by atoms with Crippen LogP contribution < -0.4 is 5.32 Å².